The molecule has 5 heteroatoms. The van der Waals surface area contributed by atoms with Crippen LogP contribution in [0.25, 0.3) is 0 Å². The van der Waals surface area contributed by atoms with E-state index in [1.807, 2.05) is 4.68 Å². The molecule has 1 heterocycles. The van der Waals surface area contributed by atoms with Gasteiger partial charge in [-0.3, -0.25) is 0 Å². The molecule has 4 nitrogen and oxygen atoms in total. The SMILES string of the molecule is CC(C)Cn1ncnc1CNC(CCCl)C(C)C. The summed E-state index contributed by atoms with van der Waals surface area (Å²) < 4.78 is 1.98. The van der Waals surface area contributed by atoms with Crippen LogP contribution in [0.15, 0.2) is 6.33 Å². The van der Waals surface area contributed by atoms with Crippen molar-refractivity contribution in [2.45, 2.75) is 53.2 Å². The Bertz CT molecular complexity index is 335. The van der Waals surface area contributed by atoms with Crippen molar-refractivity contribution in [3.05, 3.63) is 12.2 Å². The van der Waals surface area contributed by atoms with E-state index in [9.17, 15) is 0 Å². The number of hydrogen-bond donors (Lipinski definition) is 1. The predicted octanol–water partition coefficient (Wildman–Crippen LogP) is 2.68. The summed E-state index contributed by atoms with van der Waals surface area (Å²) in [6.45, 7) is 10.5. The molecule has 0 bridgehead atoms. The van der Waals surface area contributed by atoms with Crippen LogP contribution < -0.4 is 5.32 Å². The second-order valence-electron chi connectivity index (χ2n) is 5.46. The Morgan fingerprint density at radius 2 is 2.06 bits per heavy atom. The molecule has 1 aromatic rings. The molecule has 0 aliphatic rings. The van der Waals surface area contributed by atoms with E-state index in [2.05, 4.69) is 43.1 Å². The van der Waals surface area contributed by atoms with Gasteiger partial charge in [0, 0.05) is 18.5 Å². The minimum atomic E-state index is 0.437. The maximum Gasteiger partial charge on any atom is 0.140 e. The molecule has 0 aliphatic heterocycles. The molecule has 18 heavy (non-hydrogen) atoms. The average Bonchev–Trinajstić information content (AvgIpc) is 2.70. The summed E-state index contributed by atoms with van der Waals surface area (Å²) in [4.78, 5) is 4.32. The first-order valence-corrected chi connectivity index (χ1v) is 7.24. The summed E-state index contributed by atoms with van der Waals surface area (Å²) in [5, 5.41) is 7.79. The molecule has 1 unspecified atom stereocenters. The zero-order valence-corrected chi connectivity index (χ0v) is 12.6. The van der Waals surface area contributed by atoms with Gasteiger partial charge in [0.05, 0.1) is 6.54 Å². The van der Waals surface area contributed by atoms with E-state index in [1.165, 1.54) is 0 Å². The smallest absolute Gasteiger partial charge is 0.140 e. The van der Waals surface area contributed by atoms with Gasteiger partial charge in [-0.1, -0.05) is 27.7 Å². The second kappa shape index (κ2) is 7.74. The molecule has 0 saturated heterocycles. The van der Waals surface area contributed by atoms with Crippen molar-refractivity contribution >= 4 is 11.6 Å². The molecule has 1 atom stereocenters. The van der Waals surface area contributed by atoms with Crippen LogP contribution in [0.5, 0.6) is 0 Å². The molecule has 0 saturated carbocycles. The van der Waals surface area contributed by atoms with Gasteiger partial charge in [-0.25, -0.2) is 9.67 Å². The largest absolute Gasteiger partial charge is 0.307 e. The molecule has 1 aromatic heterocycles. The zero-order chi connectivity index (χ0) is 13.5. The number of alkyl halides is 1. The fourth-order valence-corrected chi connectivity index (χ4v) is 2.17. The lowest BCUT2D eigenvalue weighted by Gasteiger charge is -2.21. The summed E-state index contributed by atoms with van der Waals surface area (Å²) in [5.41, 5.74) is 0. The third kappa shape index (κ3) is 4.94. The number of rotatable bonds is 8. The van der Waals surface area contributed by atoms with Gasteiger partial charge in [0.15, 0.2) is 0 Å². The van der Waals surface area contributed by atoms with Crippen LogP contribution in [0.1, 0.15) is 39.9 Å². The van der Waals surface area contributed by atoms with Crippen molar-refractivity contribution < 1.29 is 0 Å². The summed E-state index contributed by atoms with van der Waals surface area (Å²) in [6.07, 6.45) is 2.61. The van der Waals surface area contributed by atoms with Crippen LogP contribution in [-0.2, 0) is 13.1 Å². The van der Waals surface area contributed by atoms with Crippen molar-refractivity contribution in [2.24, 2.45) is 11.8 Å². The lowest BCUT2D eigenvalue weighted by molar-refractivity contribution is 0.374. The third-order valence-electron chi connectivity index (χ3n) is 2.98. The van der Waals surface area contributed by atoms with Gasteiger partial charge in [0.25, 0.3) is 0 Å². The molecule has 0 aromatic carbocycles. The fraction of sp³-hybridized carbons (Fsp3) is 0.846. The van der Waals surface area contributed by atoms with Gasteiger partial charge >= 0.3 is 0 Å². The molecule has 0 amide bonds. The van der Waals surface area contributed by atoms with Crippen LogP contribution in [0, 0.1) is 11.8 Å². The molecule has 0 aliphatic carbocycles. The van der Waals surface area contributed by atoms with Gasteiger partial charge in [-0.15, -0.1) is 11.6 Å². The van der Waals surface area contributed by atoms with E-state index in [-0.39, 0.29) is 0 Å². The zero-order valence-electron chi connectivity index (χ0n) is 11.9. The highest BCUT2D eigenvalue weighted by Gasteiger charge is 2.14. The minimum absolute atomic E-state index is 0.437. The first-order valence-electron chi connectivity index (χ1n) is 6.70. The van der Waals surface area contributed by atoms with E-state index in [1.54, 1.807) is 6.33 Å². The van der Waals surface area contributed by atoms with E-state index >= 15 is 0 Å². The van der Waals surface area contributed by atoms with Gasteiger partial charge < -0.3 is 5.32 Å². The highest BCUT2D eigenvalue weighted by atomic mass is 35.5. The number of nitrogens with zero attached hydrogens (tertiary/aromatic N) is 3. The van der Waals surface area contributed by atoms with Crippen molar-refractivity contribution in [2.75, 3.05) is 5.88 Å². The summed E-state index contributed by atoms with van der Waals surface area (Å²) in [7, 11) is 0. The molecular formula is C13H25ClN4. The standard InChI is InChI=1S/C13H25ClN4/c1-10(2)8-18-13(16-9-17-18)7-15-12(5-6-14)11(3)4/h9-12,15H,5-8H2,1-4H3. The molecule has 0 radical (unpaired) electrons. The summed E-state index contributed by atoms with van der Waals surface area (Å²) in [6, 6.07) is 0.437. The molecular weight excluding hydrogens is 248 g/mol. The number of hydrogen-bond acceptors (Lipinski definition) is 3. The van der Waals surface area contributed by atoms with Crippen molar-refractivity contribution in [3.63, 3.8) is 0 Å². The Morgan fingerprint density at radius 3 is 2.61 bits per heavy atom. The number of halogens is 1. The topological polar surface area (TPSA) is 42.7 Å². The van der Waals surface area contributed by atoms with E-state index in [4.69, 9.17) is 11.6 Å². The Kier molecular flexibility index (Phi) is 6.65. The Labute approximate surface area is 115 Å². The number of aromatic nitrogens is 3. The van der Waals surface area contributed by atoms with E-state index < -0.39 is 0 Å². The molecule has 0 spiro atoms. The van der Waals surface area contributed by atoms with Crippen LogP contribution >= 0.6 is 11.6 Å². The monoisotopic (exact) mass is 272 g/mol. The van der Waals surface area contributed by atoms with Gasteiger partial charge in [-0.05, 0) is 18.3 Å². The maximum atomic E-state index is 5.83. The van der Waals surface area contributed by atoms with Gasteiger partial charge in [0.1, 0.15) is 12.2 Å². The van der Waals surface area contributed by atoms with Crippen molar-refractivity contribution in [3.8, 4) is 0 Å². The van der Waals surface area contributed by atoms with E-state index in [0.717, 1.165) is 25.3 Å². The highest BCUT2D eigenvalue weighted by molar-refractivity contribution is 6.17. The summed E-state index contributed by atoms with van der Waals surface area (Å²) in [5.74, 6) is 2.84. The normalized spacial score (nSPS) is 13.5. The quantitative estimate of drug-likeness (QED) is 0.740. The lowest BCUT2D eigenvalue weighted by Crippen LogP contribution is -2.34. The number of nitrogens with one attached hydrogen (secondary N) is 1. The van der Waals surface area contributed by atoms with E-state index in [0.29, 0.717) is 23.8 Å². The summed E-state index contributed by atoms with van der Waals surface area (Å²) >= 11 is 5.83. The van der Waals surface area contributed by atoms with Gasteiger partial charge in [0.2, 0.25) is 0 Å². The lowest BCUT2D eigenvalue weighted by atomic mass is 10.0. The molecule has 0 fully saturated rings. The van der Waals surface area contributed by atoms with Crippen LogP contribution in [0.3, 0.4) is 0 Å². The Hall–Kier alpha value is -0.610. The fourth-order valence-electron chi connectivity index (χ4n) is 1.93. The van der Waals surface area contributed by atoms with Crippen LogP contribution in [-0.4, -0.2) is 26.7 Å². The first-order chi connectivity index (χ1) is 8.54. The van der Waals surface area contributed by atoms with Crippen LogP contribution in [0.4, 0.5) is 0 Å². The molecule has 104 valence electrons. The first kappa shape index (κ1) is 15.4. The predicted molar refractivity (Wildman–Crippen MR) is 75.7 cm³/mol. The third-order valence-corrected chi connectivity index (χ3v) is 3.20. The van der Waals surface area contributed by atoms with Crippen molar-refractivity contribution in [1.82, 2.24) is 20.1 Å². The second-order valence-corrected chi connectivity index (χ2v) is 5.84. The molecule has 1 rings (SSSR count). The van der Waals surface area contributed by atoms with Crippen LogP contribution in [0.2, 0.25) is 0 Å². The Morgan fingerprint density at radius 1 is 1.33 bits per heavy atom. The molecule has 1 N–H and O–H groups in total. The highest BCUT2D eigenvalue weighted by Crippen LogP contribution is 2.08. The minimum Gasteiger partial charge on any atom is -0.307 e. The Balaban J connectivity index is 2.53. The average molecular weight is 273 g/mol. The van der Waals surface area contributed by atoms with Gasteiger partial charge in [-0.2, -0.15) is 5.10 Å². The maximum absolute atomic E-state index is 5.83. The van der Waals surface area contributed by atoms with Crippen molar-refractivity contribution in [1.29, 1.82) is 0 Å².